The van der Waals surface area contributed by atoms with Crippen LogP contribution in [0.2, 0.25) is 0 Å². The first-order valence-corrected chi connectivity index (χ1v) is 10.0. The minimum absolute atomic E-state index is 0.00456. The van der Waals surface area contributed by atoms with Crippen LogP contribution in [0.5, 0.6) is 0 Å². The molecule has 10 nitrogen and oxygen atoms in total. The average molecular weight is 428 g/mol. The van der Waals surface area contributed by atoms with Gasteiger partial charge in [-0.15, -0.1) is 0 Å². The molecule has 0 aromatic rings. The van der Waals surface area contributed by atoms with Gasteiger partial charge in [0.1, 0.15) is 19.6 Å². The Morgan fingerprint density at radius 2 is 1.37 bits per heavy atom. The molecule has 0 radical (unpaired) electrons. The van der Waals surface area contributed by atoms with Crippen molar-refractivity contribution in [3.8, 4) is 0 Å². The number of rotatable bonds is 17. The first kappa shape index (κ1) is 27.1. The summed E-state index contributed by atoms with van der Waals surface area (Å²) < 4.78 is 14.6. The fraction of sp³-hybridized carbons (Fsp3) is 0.650. The van der Waals surface area contributed by atoms with E-state index in [9.17, 15) is 24.0 Å². The third-order valence-corrected chi connectivity index (χ3v) is 3.69. The van der Waals surface area contributed by atoms with Crippen molar-refractivity contribution in [2.75, 3.05) is 32.9 Å². The number of unbranched alkanes of at least 4 members (excludes halogenated alkanes) is 3. The van der Waals surface area contributed by atoms with Crippen LogP contribution in [-0.2, 0) is 38.2 Å². The summed E-state index contributed by atoms with van der Waals surface area (Å²) in [5.74, 6) is -2.09. The smallest absolute Gasteiger partial charge is 0.330 e. The summed E-state index contributed by atoms with van der Waals surface area (Å²) in [6.45, 7) is 5.75. The molecular weight excluding hydrogens is 396 g/mol. The summed E-state index contributed by atoms with van der Waals surface area (Å²) in [5.41, 5.74) is 0. The monoisotopic (exact) mass is 428 g/mol. The summed E-state index contributed by atoms with van der Waals surface area (Å²) in [6, 6.07) is 0. The van der Waals surface area contributed by atoms with Crippen LogP contribution < -0.4 is 10.6 Å². The largest absolute Gasteiger partial charge is 0.465 e. The predicted octanol–water partition coefficient (Wildman–Crippen LogP) is 0.785. The normalized spacial score (nSPS) is 9.90. The van der Waals surface area contributed by atoms with Crippen molar-refractivity contribution in [2.24, 2.45) is 0 Å². The number of ether oxygens (including phenoxy) is 3. The van der Waals surface area contributed by atoms with Gasteiger partial charge in [-0.1, -0.05) is 26.3 Å². The molecule has 170 valence electrons. The topological polar surface area (TPSA) is 137 Å². The minimum atomic E-state index is -0.606. The maximum absolute atomic E-state index is 11.6. The summed E-state index contributed by atoms with van der Waals surface area (Å²) in [4.78, 5) is 56.4. The minimum Gasteiger partial charge on any atom is -0.465 e. The summed E-state index contributed by atoms with van der Waals surface area (Å²) in [5, 5.41) is 5.13. The number of amides is 2. The van der Waals surface area contributed by atoms with Gasteiger partial charge in [-0.2, -0.15) is 0 Å². The van der Waals surface area contributed by atoms with Gasteiger partial charge in [-0.3, -0.25) is 19.2 Å². The van der Waals surface area contributed by atoms with Gasteiger partial charge in [0.15, 0.2) is 0 Å². The Morgan fingerprint density at radius 3 is 2.03 bits per heavy atom. The van der Waals surface area contributed by atoms with Crippen LogP contribution in [0.1, 0.15) is 51.9 Å². The highest BCUT2D eigenvalue weighted by atomic mass is 16.6. The number of carbonyl (C=O) groups is 5. The van der Waals surface area contributed by atoms with E-state index in [-0.39, 0.29) is 51.1 Å². The molecule has 0 rings (SSSR count). The highest BCUT2D eigenvalue weighted by molar-refractivity contribution is 5.94. The molecule has 10 heteroatoms. The molecule has 0 saturated heterocycles. The van der Waals surface area contributed by atoms with E-state index in [1.807, 2.05) is 0 Å². The molecule has 30 heavy (non-hydrogen) atoms. The van der Waals surface area contributed by atoms with Gasteiger partial charge >= 0.3 is 17.9 Å². The van der Waals surface area contributed by atoms with Crippen molar-refractivity contribution in [3.05, 3.63) is 12.7 Å². The Labute approximate surface area is 176 Å². The van der Waals surface area contributed by atoms with Gasteiger partial charge in [0.2, 0.25) is 11.8 Å². The fourth-order valence-corrected chi connectivity index (χ4v) is 2.11. The van der Waals surface area contributed by atoms with E-state index in [4.69, 9.17) is 9.47 Å². The van der Waals surface area contributed by atoms with Crippen molar-refractivity contribution < 1.29 is 38.2 Å². The quantitative estimate of drug-likeness (QED) is 0.114. The highest BCUT2D eigenvalue weighted by Gasteiger charge is 2.10. The summed E-state index contributed by atoms with van der Waals surface area (Å²) in [7, 11) is 0. The molecule has 0 aliphatic heterocycles. The van der Waals surface area contributed by atoms with E-state index in [0.717, 1.165) is 18.9 Å². The third-order valence-electron chi connectivity index (χ3n) is 3.69. The van der Waals surface area contributed by atoms with Crippen LogP contribution in [-0.4, -0.2) is 62.6 Å². The van der Waals surface area contributed by atoms with Crippen molar-refractivity contribution in [3.63, 3.8) is 0 Å². The van der Waals surface area contributed by atoms with E-state index >= 15 is 0 Å². The average Bonchev–Trinajstić information content (AvgIpc) is 2.73. The summed E-state index contributed by atoms with van der Waals surface area (Å²) in [6.07, 6.45) is 4.09. The molecule has 0 fully saturated rings. The lowest BCUT2D eigenvalue weighted by Gasteiger charge is -2.07. The van der Waals surface area contributed by atoms with Gasteiger partial charge in [-0.25, -0.2) is 4.79 Å². The van der Waals surface area contributed by atoms with Crippen LogP contribution >= 0.6 is 0 Å². The maximum atomic E-state index is 11.6. The second-order valence-corrected chi connectivity index (χ2v) is 6.21. The van der Waals surface area contributed by atoms with E-state index < -0.39 is 17.8 Å². The summed E-state index contributed by atoms with van der Waals surface area (Å²) >= 11 is 0. The van der Waals surface area contributed by atoms with Crippen molar-refractivity contribution in [1.82, 2.24) is 10.6 Å². The lowest BCUT2D eigenvalue weighted by atomic mass is 10.1. The molecule has 0 aromatic carbocycles. The zero-order chi connectivity index (χ0) is 22.6. The van der Waals surface area contributed by atoms with E-state index in [0.29, 0.717) is 25.8 Å². The Bertz CT molecular complexity index is 577. The third kappa shape index (κ3) is 17.2. The van der Waals surface area contributed by atoms with Crippen LogP contribution in [0.3, 0.4) is 0 Å². The zero-order valence-electron chi connectivity index (χ0n) is 17.5. The van der Waals surface area contributed by atoms with Crippen LogP contribution in [0, 0.1) is 0 Å². The SMILES string of the molecule is C=CC(=O)OCCOC(=O)CCCCCCOC(=O)CC(=O)NCCNC(=O)CC. The van der Waals surface area contributed by atoms with E-state index in [1.54, 1.807) is 6.92 Å². The van der Waals surface area contributed by atoms with Crippen molar-refractivity contribution in [1.29, 1.82) is 0 Å². The van der Waals surface area contributed by atoms with Gasteiger partial charge in [0.25, 0.3) is 0 Å². The number of hydrogen-bond donors (Lipinski definition) is 2. The van der Waals surface area contributed by atoms with Gasteiger partial charge in [-0.05, 0) is 12.8 Å². The van der Waals surface area contributed by atoms with Crippen molar-refractivity contribution in [2.45, 2.75) is 51.9 Å². The van der Waals surface area contributed by atoms with Gasteiger partial charge < -0.3 is 24.8 Å². The zero-order valence-corrected chi connectivity index (χ0v) is 17.5. The number of hydrogen-bond acceptors (Lipinski definition) is 8. The molecule has 2 N–H and O–H groups in total. The molecule has 2 amide bonds. The van der Waals surface area contributed by atoms with Crippen molar-refractivity contribution >= 4 is 29.7 Å². The Morgan fingerprint density at radius 1 is 0.767 bits per heavy atom. The molecule has 0 bridgehead atoms. The molecule has 0 aliphatic rings. The van der Waals surface area contributed by atoms with Crippen LogP contribution in [0.15, 0.2) is 12.7 Å². The molecule has 0 spiro atoms. The van der Waals surface area contributed by atoms with Gasteiger partial charge in [0, 0.05) is 32.0 Å². The molecule has 0 aliphatic carbocycles. The Hall–Kier alpha value is -2.91. The lowest BCUT2D eigenvalue weighted by molar-refractivity contribution is -0.149. The molecule has 0 saturated carbocycles. The second-order valence-electron chi connectivity index (χ2n) is 6.21. The van der Waals surface area contributed by atoms with Crippen LogP contribution in [0.25, 0.3) is 0 Å². The first-order chi connectivity index (χ1) is 14.4. The Kier molecular flexibility index (Phi) is 16.4. The van der Waals surface area contributed by atoms with Crippen LogP contribution in [0.4, 0.5) is 0 Å². The highest BCUT2D eigenvalue weighted by Crippen LogP contribution is 2.05. The first-order valence-electron chi connectivity index (χ1n) is 10.0. The lowest BCUT2D eigenvalue weighted by Crippen LogP contribution is -2.35. The van der Waals surface area contributed by atoms with E-state index in [1.165, 1.54) is 0 Å². The Balaban J connectivity index is 3.52. The molecular formula is C20H32N2O8. The van der Waals surface area contributed by atoms with Gasteiger partial charge in [0.05, 0.1) is 6.61 Å². The maximum Gasteiger partial charge on any atom is 0.330 e. The second kappa shape index (κ2) is 18.1. The number of carbonyl (C=O) groups excluding carboxylic acids is 5. The number of nitrogens with one attached hydrogen (secondary N) is 2. The van der Waals surface area contributed by atoms with E-state index in [2.05, 4.69) is 21.9 Å². The predicted molar refractivity (Wildman–Crippen MR) is 107 cm³/mol. The molecule has 0 heterocycles. The fourth-order valence-electron chi connectivity index (χ4n) is 2.11. The molecule has 0 unspecified atom stereocenters. The molecule has 0 aromatic heterocycles. The number of esters is 3. The molecule has 0 atom stereocenters. The standard InChI is InChI=1S/C20H32N2O8/c1-3-16(23)21-10-11-22-17(24)15-20(27)28-12-8-6-5-7-9-19(26)30-14-13-29-18(25)4-2/h4H,2-3,5-15H2,1H3,(H,21,23)(H,22,24).